The van der Waals surface area contributed by atoms with Crippen molar-refractivity contribution >= 4 is 17.5 Å². The van der Waals surface area contributed by atoms with Crippen LogP contribution in [0.1, 0.15) is 67.6 Å². The van der Waals surface area contributed by atoms with Crippen LogP contribution < -0.4 is 5.32 Å². The first-order valence-corrected chi connectivity index (χ1v) is 14.6. The average molecular weight is 525 g/mol. The van der Waals surface area contributed by atoms with Crippen molar-refractivity contribution in [1.29, 1.82) is 0 Å². The lowest BCUT2D eigenvalue weighted by Gasteiger charge is -2.47. The van der Waals surface area contributed by atoms with Crippen LogP contribution >= 0.6 is 11.6 Å². The Bertz CT molecular complexity index is 1120. The smallest absolute Gasteiger partial charge is 0.228 e. The van der Waals surface area contributed by atoms with E-state index in [1.807, 2.05) is 0 Å². The van der Waals surface area contributed by atoms with Crippen LogP contribution in [0.15, 0.2) is 42.5 Å². The summed E-state index contributed by atoms with van der Waals surface area (Å²) in [6.07, 6.45) is 8.88. The van der Waals surface area contributed by atoms with E-state index >= 15 is 0 Å². The third-order valence-electron chi connectivity index (χ3n) is 9.66. The van der Waals surface area contributed by atoms with Gasteiger partial charge in [-0.15, -0.1) is 0 Å². The van der Waals surface area contributed by atoms with Gasteiger partial charge in [-0.05, 0) is 72.8 Å². The van der Waals surface area contributed by atoms with Crippen LogP contribution in [0.2, 0.25) is 5.02 Å². The van der Waals surface area contributed by atoms with E-state index in [4.69, 9.17) is 16.3 Å². The van der Waals surface area contributed by atoms with Gasteiger partial charge in [-0.25, -0.2) is 4.39 Å². The average Bonchev–Trinajstić information content (AvgIpc) is 3.25. The van der Waals surface area contributed by atoms with Crippen LogP contribution in [-0.2, 0) is 21.4 Å². The molecule has 4 aliphatic rings. The van der Waals surface area contributed by atoms with Crippen LogP contribution in [0.5, 0.6) is 0 Å². The minimum absolute atomic E-state index is 0.226. The van der Waals surface area contributed by atoms with E-state index in [0.29, 0.717) is 49.6 Å². The first-order valence-electron chi connectivity index (χ1n) is 14.2. The van der Waals surface area contributed by atoms with Crippen molar-refractivity contribution in [1.82, 2.24) is 10.2 Å². The van der Waals surface area contributed by atoms with Crippen LogP contribution in [0.3, 0.4) is 0 Å². The molecule has 1 aliphatic carbocycles. The third-order valence-corrected chi connectivity index (χ3v) is 9.95. The van der Waals surface area contributed by atoms with Gasteiger partial charge in [0, 0.05) is 36.1 Å². The molecule has 1 N–H and O–H groups in total. The fourth-order valence-corrected chi connectivity index (χ4v) is 8.27. The van der Waals surface area contributed by atoms with Gasteiger partial charge in [0.2, 0.25) is 5.91 Å². The van der Waals surface area contributed by atoms with Crippen molar-refractivity contribution in [2.24, 2.45) is 11.8 Å². The number of fused-ring (bicyclic) bond motifs is 2. The predicted octanol–water partition coefficient (Wildman–Crippen LogP) is 5.86. The molecule has 6 heteroatoms. The van der Waals surface area contributed by atoms with Crippen LogP contribution in [-0.4, -0.2) is 49.7 Å². The van der Waals surface area contributed by atoms with Gasteiger partial charge in [0.15, 0.2) is 0 Å². The quantitative estimate of drug-likeness (QED) is 0.546. The Labute approximate surface area is 224 Å². The van der Waals surface area contributed by atoms with Gasteiger partial charge in [-0.2, -0.15) is 0 Å². The van der Waals surface area contributed by atoms with Crippen molar-refractivity contribution in [3.8, 4) is 0 Å². The van der Waals surface area contributed by atoms with E-state index in [9.17, 15) is 9.18 Å². The molecule has 6 rings (SSSR count). The van der Waals surface area contributed by atoms with Crippen molar-refractivity contribution in [2.75, 3.05) is 32.8 Å². The molecule has 0 bridgehead atoms. The number of ether oxygens (including phenoxy) is 1. The lowest BCUT2D eigenvalue weighted by Crippen LogP contribution is -2.55. The highest BCUT2D eigenvalue weighted by Gasteiger charge is 2.53. The van der Waals surface area contributed by atoms with Crippen molar-refractivity contribution in [3.05, 3.63) is 70.0 Å². The standard InChI is InChI=1S/C31H38ClFN2O2/c32-27-17-25(33)15-24-12-14-37-20-31(29(24)27)19-34-18-26(31)30(36)35-13-11-23(21-7-3-1-4-8-21)16-28(35)22-9-5-2-6-10-22/h1,3-4,7-8,15,17,22-23,26,28,34H,2,5-6,9-14,16,18-20H2. The molecular weight excluding hydrogens is 487 g/mol. The van der Waals surface area contributed by atoms with E-state index in [0.717, 1.165) is 30.5 Å². The number of rotatable bonds is 3. The zero-order chi connectivity index (χ0) is 25.4. The monoisotopic (exact) mass is 524 g/mol. The molecule has 2 saturated heterocycles. The number of nitrogens with zero attached hydrogens (tertiary/aromatic N) is 1. The third kappa shape index (κ3) is 4.72. The largest absolute Gasteiger partial charge is 0.380 e. The number of benzene rings is 2. The second kappa shape index (κ2) is 10.7. The van der Waals surface area contributed by atoms with Crippen LogP contribution in [0.4, 0.5) is 4.39 Å². The Hall–Kier alpha value is -1.95. The number of amides is 1. The van der Waals surface area contributed by atoms with E-state index in [2.05, 4.69) is 40.5 Å². The van der Waals surface area contributed by atoms with Crippen molar-refractivity contribution in [2.45, 2.75) is 68.7 Å². The number of hydrogen-bond acceptors (Lipinski definition) is 3. The molecule has 1 amide bonds. The predicted molar refractivity (Wildman–Crippen MR) is 144 cm³/mol. The summed E-state index contributed by atoms with van der Waals surface area (Å²) in [5, 5.41) is 3.94. The molecule has 1 spiro atoms. The summed E-state index contributed by atoms with van der Waals surface area (Å²) in [5.74, 6) is 0.683. The molecule has 1 saturated carbocycles. The van der Waals surface area contributed by atoms with E-state index < -0.39 is 5.41 Å². The SMILES string of the molecule is O=C(C1CNCC12COCCc1cc(F)cc(Cl)c12)N1CCC(c2ccccc2)CC1C1CCCCC1. The minimum atomic E-state index is -0.568. The van der Waals surface area contributed by atoms with Crippen LogP contribution in [0, 0.1) is 17.7 Å². The topological polar surface area (TPSA) is 41.6 Å². The summed E-state index contributed by atoms with van der Waals surface area (Å²) in [4.78, 5) is 16.8. The highest BCUT2D eigenvalue weighted by molar-refractivity contribution is 6.31. The number of carbonyl (C=O) groups is 1. The Morgan fingerprint density at radius 2 is 1.92 bits per heavy atom. The zero-order valence-corrected chi connectivity index (χ0v) is 22.3. The number of halogens is 2. The summed E-state index contributed by atoms with van der Waals surface area (Å²) < 4.78 is 20.4. The van der Waals surface area contributed by atoms with Gasteiger partial charge < -0.3 is 15.0 Å². The van der Waals surface area contributed by atoms with E-state index in [1.54, 1.807) is 6.07 Å². The summed E-state index contributed by atoms with van der Waals surface area (Å²) in [6, 6.07) is 14.1. The molecule has 2 aromatic carbocycles. The van der Waals surface area contributed by atoms with Crippen LogP contribution in [0.25, 0.3) is 0 Å². The first-order chi connectivity index (χ1) is 18.1. The van der Waals surface area contributed by atoms with Crippen molar-refractivity contribution < 1.29 is 13.9 Å². The molecule has 0 radical (unpaired) electrons. The fourth-order valence-electron chi connectivity index (χ4n) is 7.85. The maximum atomic E-state index is 14.6. The number of piperidine rings is 1. The second-order valence-corrected chi connectivity index (χ2v) is 12.1. The molecule has 3 fully saturated rings. The Kier molecular flexibility index (Phi) is 7.30. The molecule has 3 aliphatic heterocycles. The second-order valence-electron chi connectivity index (χ2n) is 11.7. The molecular formula is C31H38ClFN2O2. The molecule has 0 aromatic heterocycles. The van der Waals surface area contributed by atoms with Gasteiger partial charge in [0.1, 0.15) is 5.82 Å². The van der Waals surface area contributed by atoms with Gasteiger partial charge in [0.25, 0.3) is 0 Å². The highest BCUT2D eigenvalue weighted by atomic mass is 35.5. The van der Waals surface area contributed by atoms with Gasteiger partial charge in [-0.1, -0.05) is 61.2 Å². The lowest BCUT2D eigenvalue weighted by atomic mass is 9.69. The highest BCUT2D eigenvalue weighted by Crippen LogP contribution is 2.46. The maximum absolute atomic E-state index is 14.6. The molecule has 4 atom stereocenters. The summed E-state index contributed by atoms with van der Waals surface area (Å²) in [5.41, 5.74) is 2.64. The molecule has 2 aromatic rings. The van der Waals surface area contributed by atoms with Gasteiger partial charge >= 0.3 is 0 Å². The van der Waals surface area contributed by atoms with E-state index in [1.165, 1.54) is 43.7 Å². The number of likely N-dealkylation sites (tertiary alicyclic amines) is 1. The molecule has 37 heavy (non-hydrogen) atoms. The molecule has 4 nitrogen and oxygen atoms in total. The maximum Gasteiger partial charge on any atom is 0.228 e. The summed E-state index contributed by atoms with van der Waals surface area (Å²) in [7, 11) is 0. The summed E-state index contributed by atoms with van der Waals surface area (Å²) in [6.45, 7) is 2.96. The van der Waals surface area contributed by atoms with Gasteiger partial charge in [-0.3, -0.25) is 4.79 Å². The minimum Gasteiger partial charge on any atom is -0.380 e. The zero-order valence-electron chi connectivity index (χ0n) is 21.6. The number of nitrogens with one attached hydrogen (secondary N) is 1. The van der Waals surface area contributed by atoms with E-state index in [-0.39, 0.29) is 23.7 Å². The fraction of sp³-hybridized carbons (Fsp3) is 0.581. The molecule has 4 unspecified atom stereocenters. The summed E-state index contributed by atoms with van der Waals surface area (Å²) >= 11 is 6.73. The first kappa shape index (κ1) is 25.3. The Morgan fingerprint density at radius 1 is 1.11 bits per heavy atom. The normalized spacial score (nSPS) is 30.8. The lowest BCUT2D eigenvalue weighted by molar-refractivity contribution is -0.143. The Balaban J connectivity index is 1.33. The Morgan fingerprint density at radius 3 is 2.73 bits per heavy atom. The van der Waals surface area contributed by atoms with Gasteiger partial charge in [0.05, 0.1) is 19.1 Å². The number of hydrogen-bond donors (Lipinski definition) is 1. The number of carbonyl (C=O) groups excluding carboxylic acids is 1. The molecule has 198 valence electrons. The molecule has 3 heterocycles. The van der Waals surface area contributed by atoms with Crippen molar-refractivity contribution in [3.63, 3.8) is 0 Å².